The van der Waals surface area contributed by atoms with Crippen molar-refractivity contribution in [3.05, 3.63) is 44.9 Å². The smallest absolute Gasteiger partial charge is 0.227 e. The minimum Gasteiger partial charge on any atom is -0.441 e. The molecule has 0 N–H and O–H groups in total. The lowest BCUT2D eigenvalue weighted by atomic mass is 10.2. The number of rotatable bonds is 4. The van der Waals surface area contributed by atoms with Crippen LogP contribution in [-0.4, -0.2) is 21.4 Å². The molecule has 3 aromatic heterocycles. The number of thiophene rings is 1. The predicted octanol–water partition coefficient (Wildman–Crippen LogP) is 4.51. The van der Waals surface area contributed by atoms with Crippen molar-refractivity contribution in [3.63, 3.8) is 0 Å². The standard InChI is InChI=1S/C16H17N3OS2/c1-11-13(18-15(20-11)12-4-7-21-10-12)9-19-6-2-3-14(19)16-17-5-8-22-16/h4-5,7-8,10,14H,2-3,6,9H2,1H3/t14-/m1/s1. The minimum absolute atomic E-state index is 0.431. The highest BCUT2D eigenvalue weighted by atomic mass is 32.1. The Morgan fingerprint density at radius 3 is 3.14 bits per heavy atom. The highest BCUT2D eigenvalue weighted by Gasteiger charge is 2.29. The number of oxazole rings is 1. The Kier molecular flexibility index (Phi) is 3.82. The topological polar surface area (TPSA) is 42.2 Å². The molecular weight excluding hydrogens is 314 g/mol. The van der Waals surface area contributed by atoms with Crippen molar-refractivity contribution in [2.24, 2.45) is 0 Å². The average Bonchev–Trinajstić information content (AvgIpc) is 3.27. The van der Waals surface area contributed by atoms with Gasteiger partial charge in [-0.2, -0.15) is 11.3 Å². The molecule has 0 amide bonds. The van der Waals surface area contributed by atoms with Crippen molar-refractivity contribution in [2.75, 3.05) is 6.54 Å². The van der Waals surface area contributed by atoms with E-state index in [4.69, 9.17) is 9.40 Å². The summed E-state index contributed by atoms with van der Waals surface area (Å²) in [4.78, 5) is 11.7. The summed E-state index contributed by atoms with van der Waals surface area (Å²) >= 11 is 3.41. The number of aryl methyl sites for hydroxylation is 1. The fraction of sp³-hybridized carbons (Fsp3) is 0.375. The van der Waals surface area contributed by atoms with Crippen molar-refractivity contribution in [1.82, 2.24) is 14.9 Å². The molecule has 0 bridgehead atoms. The van der Waals surface area contributed by atoms with Crippen LogP contribution in [-0.2, 0) is 6.54 Å². The molecule has 1 saturated heterocycles. The molecule has 4 nitrogen and oxygen atoms in total. The molecular formula is C16H17N3OS2. The van der Waals surface area contributed by atoms with Crippen LogP contribution in [0.25, 0.3) is 11.5 Å². The highest BCUT2D eigenvalue weighted by Crippen LogP contribution is 2.35. The molecule has 0 saturated carbocycles. The average molecular weight is 331 g/mol. The van der Waals surface area contributed by atoms with Gasteiger partial charge in [-0.25, -0.2) is 9.97 Å². The SMILES string of the molecule is Cc1oc(-c2ccsc2)nc1CN1CCC[C@@H]1c1nccs1. The number of thiazole rings is 1. The second-order valence-corrected chi connectivity index (χ2v) is 7.24. The van der Waals surface area contributed by atoms with E-state index in [2.05, 4.69) is 20.6 Å². The zero-order valence-electron chi connectivity index (χ0n) is 12.4. The van der Waals surface area contributed by atoms with E-state index in [1.54, 1.807) is 22.7 Å². The Morgan fingerprint density at radius 2 is 2.36 bits per heavy atom. The fourth-order valence-electron chi connectivity index (χ4n) is 2.97. The van der Waals surface area contributed by atoms with Crippen molar-refractivity contribution in [1.29, 1.82) is 0 Å². The van der Waals surface area contributed by atoms with Gasteiger partial charge in [0.15, 0.2) is 0 Å². The molecule has 22 heavy (non-hydrogen) atoms. The zero-order chi connectivity index (χ0) is 14.9. The maximum atomic E-state index is 5.85. The van der Waals surface area contributed by atoms with E-state index in [1.807, 2.05) is 24.6 Å². The van der Waals surface area contributed by atoms with Gasteiger partial charge in [-0.1, -0.05) is 0 Å². The summed E-state index contributed by atoms with van der Waals surface area (Å²) in [5.74, 6) is 1.66. The molecule has 4 heterocycles. The minimum atomic E-state index is 0.431. The van der Waals surface area contributed by atoms with Gasteiger partial charge in [0.2, 0.25) is 5.89 Å². The van der Waals surface area contributed by atoms with Crippen LogP contribution < -0.4 is 0 Å². The third-order valence-corrected chi connectivity index (χ3v) is 5.67. The lowest BCUT2D eigenvalue weighted by Gasteiger charge is -2.21. The zero-order valence-corrected chi connectivity index (χ0v) is 14.0. The number of likely N-dealkylation sites (tertiary alicyclic amines) is 1. The third-order valence-electron chi connectivity index (χ3n) is 4.11. The maximum absolute atomic E-state index is 5.85. The second-order valence-electron chi connectivity index (χ2n) is 5.53. The normalized spacial score (nSPS) is 19.0. The molecule has 3 aromatic rings. The number of hydrogen-bond acceptors (Lipinski definition) is 6. The number of hydrogen-bond donors (Lipinski definition) is 0. The molecule has 0 radical (unpaired) electrons. The summed E-state index contributed by atoms with van der Waals surface area (Å²) in [7, 11) is 0. The fourth-order valence-corrected chi connectivity index (χ4v) is 4.41. The van der Waals surface area contributed by atoms with Crippen LogP contribution in [0.1, 0.15) is 35.3 Å². The van der Waals surface area contributed by atoms with Crippen molar-refractivity contribution in [2.45, 2.75) is 32.4 Å². The molecule has 0 aromatic carbocycles. The Balaban J connectivity index is 1.56. The van der Waals surface area contributed by atoms with Crippen LogP contribution in [0, 0.1) is 6.92 Å². The third kappa shape index (κ3) is 2.62. The maximum Gasteiger partial charge on any atom is 0.227 e. The summed E-state index contributed by atoms with van der Waals surface area (Å²) in [6.45, 7) is 3.95. The van der Waals surface area contributed by atoms with E-state index in [0.717, 1.165) is 36.0 Å². The summed E-state index contributed by atoms with van der Waals surface area (Å²) < 4.78 is 5.85. The Bertz CT molecular complexity index is 734. The van der Waals surface area contributed by atoms with Gasteiger partial charge in [-0.15, -0.1) is 11.3 Å². The Labute approximate surface area is 137 Å². The largest absolute Gasteiger partial charge is 0.441 e. The first-order valence-electron chi connectivity index (χ1n) is 7.43. The molecule has 1 aliphatic rings. The molecule has 0 unspecified atom stereocenters. The monoisotopic (exact) mass is 331 g/mol. The van der Waals surface area contributed by atoms with Gasteiger partial charge >= 0.3 is 0 Å². The van der Waals surface area contributed by atoms with Gasteiger partial charge < -0.3 is 4.42 Å². The summed E-state index contributed by atoms with van der Waals surface area (Å²) in [6, 6.07) is 2.48. The van der Waals surface area contributed by atoms with E-state index in [-0.39, 0.29) is 0 Å². The molecule has 6 heteroatoms. The molecule has 114 valence electrons. The Hall–Kier alpha value is -1.50. The van der Waals surface area contributed by atoms with Crippen LogP contribution in [0.15, 0.2) is 32.8 Å². The molecule has 1 aliphatic heterocycles. The van der Waals surface area contributed by atoms with Gasteiger partial charge in [0.05, 0.1) is 11.7 Å². The molecule has 4 rings (SSSR count). The first kappa shape index (κ1) is 14.1. The van der Waals surface area contributed by atoms with Crippen LogP contribution >= 0.6 is 22.7 Å². The van der Waals surface area contributed by atoms with Crippen LogP contribution in [0.5, 0.6) is 0 Å². The van der Waals surface area contributed by atoms with Crippen LogP contribution in [0.4, 0.5) is 0 Å². The highest BCUT2D eigenvalue weighted by molar-refractivity contribution is 7.09. The van der Waals surface area contributed by atoms with Crippen molar-refractivity contribution < 1.29 is 4.42 Å². The summed E-state index contributed by atoms with van der Waals surface area (Å²) in [5.41, 5.74) is 2.11. The predicted molar refractivity (Wildman–Crippen MR) is 89.1 cm³/mol. The van der Waals surface area contributed by atoms with E-state index in [9.17, 15) is 0 Å². The number of nitrogens with zero attached hydrogens (tertiary/aromatic N) is 3. The Morgan fingerprint density at radius 1 is 1.41 bits per heavy atom. The molecule has 1 fully saturated rings. The van der Waals surface area contributed by atoms with E-state index in [0.29, 0.717) is 6.04 Å². The second kappa shape index (κ2) is 5.95. The summed E-state index contributed by atoms with van der Waals surface area (Å²) in [5, 5.41) is 7.40. The molecule has 0 spiro atoms. The van der Waals surface area contributed by atoms with Gasteiger partial charge in [-0.05, 0) is 37.8 Å². The van der Waals surface area contributed by atoms with Crippen LogP contribution in [0.2, 0.25) is 0 Å². The van der Waals surface area contributed by atoms with Gasteiger partial charge in [0.25, 0.3) is 0 Å². The first-order chi connectivity index (χ1) is 10.8. The van der Waals surface area contributed by atoms with Crippen molar-refractivity contribution in [3.8, 4) is 11.5 Å². The van der Waals surface area contributed by atoms with E-state index in [1.165, 1.54) is 17.8 Å². The summed E-state index contributed by atoms with van der Waals surface area (Å²) in [6.07, 6.45) is 4.30. The number of aromatic nitrogens is 2. The van der Waals surface area contributed by atoms with E-state index < -0.39 is 0 Å². The lowest BCUT2D eigenvalue weighted by Crippen LogP contribution is -2.23. The van der Waals surface area contributed by atoms with Gasteiger partial charge in [0.1, 0.15) is 10.8 Å². The quantitative estimate of drug-likeness (QED) is 0.705. The molecule has 0 aliphatic carbocycles. The van der Waals surface area contributed by atoms with Gasteiger partial charge in [0, 0.05) is 29.1 Å². The molecule has 1 atom stereocenters. The van der Waals surface area contributed by atoms with Crippen LogP contribution in [0.3, 0.4) is 0 Å². The lowest BCUT2D eigenvalue weighted by molar-refractivity contribution is 0.244. The van der Waals surface area contributed by atoms with E-state index >= 15 is 0 Å². The van der Waals surface area contributed by atoms with Crippen molar-refractivity contribution >= 4 is 22.7 Å². The first-order valence-corrected chi connectivity index (χ1v) is 9.26. The van der Waals surface area contributed by atoms with Gasteiger partial charge in [-0.3, -0.25) is 4.90 Å².